The second kappa shape index (κ2) is 9.71. The number of carbonyl (C=O) groups is 1. The van der Waals surface area contributed by atoms with Gasteiger partial charge in [0.1, 0.15) is 11.8 Å². The fourth-order valence-electron chi connectivity index (χ4n) is 4.09. The highest BCUT2D eigenvalue weighted by molar-refractivity contribution is 6.31. The van der Waals surface area contributed by atoms with Crippen LogP contribution in [0.3, 0.4) is 0 Å². The standard InChI is InChI=1S/C24H27ClN2O5/c1-3-4-8-20-18(10-16-11-21-22(12-19(16)25)32-14-31-21)23(24(28)29)26-27(20)13-15-6-5-7-17(9-15)30-2/h5-7,9,11-12,23,26H,3-4,8,10,13-14H2,1-2H3,(H,28,29). The van der Waals surface area contributed by atoms with Crippen molar-refractivity contribution in [2.45, 2.75) is 45.2 Å². The van der Waals surface area contributed by atoms with E-state index in [2.05, 4.69) is 12.3 Å². The molecule has 8 heteroatoms. The van der Waals surface area contributed by atoms with Crippen molar-refractivity contribution in [3.05, 3.63) is 63.8 Å². The molecule has 2 heterocycles. The Hall–Kier alpha value is -2.90. The predicted octanol–water partition coefficient (Wildman–Crippen LogP) is 4.54. The molecular weight excluding hydrogens is 432 g/mol. The van der Waals surface area contributed by atoms with Crippen molar-refractivity contribution < 1.29 is 24.1 Å². The Bertz CT molecular complexity index is 1040. The van der Waals surface area contributed by atoms with Crippen LogP contribution in [0.25, 0.3) is 0 Å². The minimum Gasteiger partial charge on any atom is -0.497 e. The summed E-state index contributed by atoms with van der Waals surface area (Å²) in [5.41, 5.74) is 6.85. The molecule has 1 unspecified atom stereocenters. The Morgan fingerprint density at radius 2 is 2.06 bits per heavy atom. The molecular formula is C24H27ClN2O5. The summed E-state index contributed by atoms with van der Waals surface area (Å²) >= 11 is 6.51. The number of aliphatic carboxylic acids is 1. The normalized spacial score (nSPS) is 17.2. The van der Waals surface area contributed by atoms with Crippen molar-refractivity contribution >= 4 is 17.6 Å². The number of fused-ring (bicyclic) bond motifs is 1. The molecule has 0 spiro atoms. The van der Waals surface area contributed by atoms with E-state index < -0.39 is 12.0 Å². The lowest BCUT2D eigenvalue weighted by molar-refractivity contribution is -0.139. The van der Waals surface area contributed by atoms with Crippen molar-refractivity contribution in [1.82, 2.24) is 10.4 Å². The molecule has 170 valence electrons. The number of allylic oxidation sites excluding steroid dienone is 1. The number of carboxylic acids is 1. The van der Waals surface area contributed by atoms with Crippen LogP contribution >= 0.6 is 11.6 Å². The monoisotopic (exact) mass is 458 g/mol. The van der Waals surface area contributed by atoms with Crippen molar-refractivity contribution in [3.8, 4) is 17.2 Å². The first-order valence-corrected chi connectivity index (χ1v) is 11.1. The fraction of sp³-hybridized carbons (Fsp3) is 0.375. The van der Waals surface area contributed by atoms with Gasteiger partial charge >= 0.3 is 5.97 Å². The van der Waals surface area contributed by atoms with Gasteiger partial charge in [-0.2, -0.15) is 0 Å². The molecule has 2 aliphatic heterocycles. The first-order valence-electron chi connectivity index (χ1n) is 10.7. The van der Waals surface area contributed by atoms with Gasteiger partial charge in [0.15, 0.2) is 11.5 Å². The third kappa shape index (κ3) is 4.64. The number of nitrogens with one attached hydrogen (secondary N) is 1. The van der Waals surface area contributed by atoms with Crippen molar-refractivity contribution in [1.29, 1.82) is 0 Å². The number of carboxylic acid groups (broad SMARTS) is 1. The van der Waals surface area contributed by atoms with Crippen LogP contribution in [-0.2, 0) is 17.8 Å². The minimum absolute atomic E-state index is 0.160. The van der Waals surface area contributed by atoms with Crippen LogP contribution < -0.4 is 19.6 Å². The maximum atomic E-state index is 12.2. The Kier molecular flexibility index (Phi) is 6.77. The SMILES string of the molecule is CCCCC1=C(Cc2cc3c(cc2Cl)OCO3)C(C(=O)O)NN1Cc1cccc(OC)c1. The molecule has 0 aliphatic carbocycles. The smallest absolute Gasteiger partial charge is 0.326 e. The first kappa shape index (κ1) is 22.3. The molecule has 1 atom stereocenters. The topological polar surface area (TPSA) is 80.3 Å². The van der Waals surface area contributed by atoms with Gasteiger partial charge in [0.25, 0.3) is 0 Å². The van der Waals surface area contributed by atoms with Crippen LogP contribution in [0.2, 0.25) is 5.02 Å². The number of hydrogen-bond acceptors (Lipinski definition) is 6. The highest BCUT2D eigenvalue weighted by atomic mass is 35.5. The van der Waals surface area contributed by atoms with Gasteiger partial charge in [-0.3, -0.25) is 4.79 Å². The third-order valence-electron chi connectivity index (χ3n) is 5.74. The molecule has 0 saturated carbocycles. The lowest BCUT2D eigenvalue weighted by Crippen LogP contribution is -2.41. The summed E-state index contributed by atoms with van der Waals surface area (Å²) in [5, 5.41) is 12.5. The van der Waals surface area contributed by atoms with E-state index in [1.807, 2.05) is 35.3 Å². The zero-order chi connectivity index (χ0) is 22.7. The van der Waals surface area contributed by atoms with E-state index in [0.717, 1.165) is 47.4 Å². The maximum absolute atomic E-state index is 12.2. The average Bonchev–Trinajstić information content (AvgIpc) is 3.37. The number of hydrazine groups is 1. The van der Waals surface area contributed by atoms with Crippen molar-refractivity contribution in [3.63, 3.8) is 0 Å². The van der Waals surface area contributed by atoms with Gasteiger partial charge in [-0.1, -0.05) is 37.1 Å². The summed E-state index contributed by atoms with van der Waals surface area (Å²) in [4.78, 5) is 12.2. The molecule has 2 aliphatic rings. The number of unbranched alkanes of at least 4 members (excludes halogenated alkanes) is 1. The molecule has 0 aromatic heterocycles. The molecule has 7 nitrogen and oxygen atoms in total. The number of nitrogens with zero attached hydrogens (tertiary/aromatic N) is 1. The van der Waals surface area contributed by atoms with Gasteiger partial charge < -0.3 is 24.3 Å². The van der Waals surface area contributed by atoms with Crippen molar-refractivity contribution in [2.24, 2.45) is 0 Å². The molecule has 0 amide bonds. The number of benzene rings is 2. The Labute approximate surface area is 192 Å². The molecule has 2 aromatic carbocycles. The van der Waals surface area contributed by atoms with Gasteiger partial charge in [-0.25, -0.2) is 5.43 Å². The fourth-order valence-corrected chi connectivity index (χ4v) is 4.31. The second-order valence-corrected chi connectivity index (χ2v) is 8.29. The third-order valence-corrected chi connectivity index (χ3v) is 6.09. The Balaban J connectivity index is 1.68. The summed E-state index contributed by atoms with van der Waals surface area (Å²) < 4.78 is 16.2. The van der Waals surface area contributed by atoms with Crippen LogP contribution in [0.1, 0.15) is 37.3 Å². The number of methoxy groups -OCH3 is 1. The van der Waals surface area contributed by atoms with E-state index >= 15 is 0 Å². The molecule has 4 rings (SSSR count). The summed E-state index contributed by atoms with van der Waals surface area (Å²) in [6, 6.07) is 10.5. The predicted molar refractivity (Wildman–Crippen MR) is 121 cm³/mol. The van der Waals surface area contributed by atoms with Gasteiger partial charge in [-0.15, -0.1) is 0 Å². The summed E-state index contributed by atoms with van der Waals surface area (Å²) in [7, 11) is 1.63. The number of ether oxygens (including phenoxy) is 3. The molecule has 0 bridgehead atoms. The molecule has 0 fully saturated rings. The van der Waals surface area contributed by atoms with Gasteiger partial charge in [0, 0.05) is 16.8 Å². The zero-order valence-corrected chi connectivity index (χ0v) is 18.9. The molecule has 32 heavy (non-hydrogen) atoms. The number of halogens is 1. The molecule has 2 N–H and O–H groups in total. The summed E-state index contributed by atoms with van der Waals surface area (Å²) in [5.74, 6) is 1.09. The number of hydrogen-bond donors (Lipinski definition) is 2. The zero-order valence-electron chi connectivity index (χ0n) is 18.2. The Morgan fingerprint density at radius 1 is 1.28 bits per heavy atom. The summed E-state index contributed by atoms with van der Waals surface area (Å²) in [6.45, 7) is 2.81. The summed E-state index contributed by atoms with van der Waals surface area (Å²) in [6.07, 6.45) is 3.14. The van der Waals surface area contributed by atoms with E-state index in [4.69, 9.17) is 25.8 Å². The molecule has 2 aromatic rings. The van der Waals surface area contributed by atoms with E-state index in [1.165, 1.54) is 0 Å². The highest BCUT2D eigenvalue weighted by Gasteiger charge is 2.36. The minimum atomic E-state index is -0.918. The average molecular weight is 459 g/mol. The lowest BCUT2D eigenvalue weighted by Gasteiger charge is -2.23. The molecule has 0 radical (unpaired) electrons. The quantitative estimate of drug-likeness (QED) is 0.571. The lowest BCUT2D eigenvalue weighted by atomic mass is 9.96. The molecule has 0 saturated heterocycles. The van der Waals surface area contributed by atoms with Crippen LogP contribution in [0.15, 0.2) is 47.7 Å². The second-order valence-electron chi connectivity index (χ2n) is 7.89. The number of rotatable bonds is 9. The maximum Gasteiger partial charge on any atom is 0.326 e. The first-order chi connectivity index (χ1) is 15.5. The van der Waals surface area contributed by atoms with Gasteiger partial charge in [0.05, 0.1) is 13.7 Å². The van der Waals surface area contributed by atoms with Crippen LogP contribution in [0.4, 0.5) is 0 Å². The Morgan fingerprint density at radius 3 is 2.78 bits per heavy atom. The van der Waals surface area contributed by atoms with Crippen LogP contribution in [0.5, 0.6) is 17.2 Å². The van der Waals surface area contributed by atoms with E-state index in [9.17, 15) is 9.90 Å². The van der Waals surface area contributed by atoms with Crippen LogP contribution in [0, 0.1) is 0 Å². The van der Waals surface area contributed by atoms with Gasteiger partial charge in [-0.05, 0) is 54.2 Å². The van der Waals surface area contributed by atoms with E-state index in [-0.39, 0.29) is 6.79 Å². The highest BCUT2D eigenvalue weighted by Crippen LogP contribution is 2.39. The van der Waals surface area contributed by atoms with E-state index in [1.54, 1.807) is 13.2 Å². The van der Waals surface area contributed by atoms with E-state index in [0.29, 0.717) is 29.5 Å². The largest absolute Gasteiger partial charge is 0.497 e. The van der Waals surface area contributed by atoms with Crippen LogP contribution in [-0.4, -0.2) is 36.0 Å². The van der Waals surface area contributed by atoms with Crippen molar-refractivity contribution in [2.75, 3.05) is 13.9 Å². The van der Waals surface area contributed by atoms with Gasteiger partial charge in [0.2, 0.25) is 6.79 Å².